The van der Waals surface area contributed by atoms with E-state index in [4.69, 9.17) is 0 Å². The molecule has 0 bridgehead atoms. The molecule has 0 saturated carbocycles. The van der Waals surface area contributed by atoms with Crippen LogP contribution in [0.25, 0.3) is 11.4 Å². The molecule has 16 heavy (non-hydrogen) atoms. The van der Waals surface area contributed by atoms with Crippen molar-refractivity contribution in [1.29, 1.82) is 0 Å². The van der Waals surface area contributed by atoms with E-state index in [9.17, 15) is 0 Å². The first-order valence-electron chi connectivity index (χ1n) is 5.36. The zero-order chi connectivity index (χ0) is 11.4. The second-order valence-electron chi connectivity index (χ2n) is 3.52. The fourth-order valence-electron chi connectivity index (χ4n) is 1.50. The Morgan fingerprint density at radius 2 is 2.06 bits per heavy atom. The SMILES string of the molecule is CCCNc1nccnc1-c1ccnn1C. The van der Waals surface area contributed by atoms with E-state index in [1.165, 1.54) is 0 Å². The number of nitrogens with one attached hydrogen (secondary N) is 1. The molecule has 0 aromatic carbocycles. The Balaban J connectivity index is 2.37. The molecular formula is C11H15N5. The number of anilines is 1. The maximum absolute atomic E-state index is 4.35. The van der Waals surface area contributed by atoms with Gasteiger partial charge in [0.05, 0.1) is 5.69 Å². The highest BCUT2D eigenvalue weighted by molar-refractivity contribution is 5.68. The predicted octanol–water partition coefficient (Wildman–Crippen LogP) is 1.70. The second kappa shape index (κ2) is 4.74. The molecule has 0 radical (unpaired) electrons. The summed E-state index contributed by atoms with van der Waals surface area (Å²) >= 11 is 0. The minimum absolute atomic E-state index is 0.813. The molecule has 2 rings (SSSR count). The number of aromatic nitrogens is 4. The zero-order valence-electron chi connectivity index (χ0n) is 9.51. The third-order valence-corrected chi connectivity index (χ3v) is 2.30. The molecule has 2 heterocycles. The highest BCUT2D eigenvalue weighted by Gasteiger charge is 2.10. The monoisotopic (exact) mass is 217 g/mol. The van der Waals surface area contributed by atoms with Gasteiger partial charge in [0, 0.05) is 32.2 Å². The van der Waals surface area contributed by atoms with Crippen LogP contribution in [-0.2, 0) is 7.05 Å². The minimum Gasteiger partial charge on any atom is -0.368 e. The van der Waals surface area contributed by atoms with Crippen molar-refractivity contribution >= 4 is 5.82 Å². The molecule has 0 fully saturated rings. The van der Waals surface area contributed by atoms with Crippen molar-refractivity contribution in [2.45, 2.75) is 13.3 Å². The number of hydrogen-bond donors (Lipinski definition) is 1. The van der Waals surface area contributed by atoms with Crippen LogP contribution in [0.3, 0.4) is 0 Å². The third-order valence-electron chi connectivity index (χ3n) is 2.30. The van der Waals surface area contributed by atoms with Crippen LogP contribution in [0.5, 0.6) is 0 Å². The van der Waals surface area contributed by atoms with Crippen LogP contribution in [0.1, 0.15) is 13.3 Å². The van der Waals surface area contributed by atoms with Gasteiger partial charge in [0.15, 0.2) is 5.82 Å². The number of rotatable bonds is 4. The normalized spacial score (nSPS) is 10.4. The smallest absolute Gasteiger partial charge is 0.154 e. The van der Waals surface area contributed by atoms with Gasteiger partial charge in [0.1, 0.15) is 5.69 Å². The third kappa shape index (κ3) is 2.03. The lowest BCUT2D eigenvalue weighted by atomic mass is 10.3. The first-order chi connectivity index (χ1) is 7.83. The van der Waals surface area contributed by atoms with Crippen molar-refractivity contribution < 1.29 is 0 Å². The summed E-state index contributed by atoms with van der Waals surface area (Å²) in [7, 11) is 1.90. The lowest BCUT2D eigenvalue weighted by Gasteiger charge is -2.08. The van der Waals surface area contributed by atoms with Gasteiger partial charge in [-0.3, -0.25) is 4.68 Å². The van der Waals surface area contributed by atoms with Crippen LogP contribution in [0, 0.1) is 0 Å². The van der Waals surface area contributed by atoms with Crippen LogP contribution in [0.15, 0.2) is 24.7 Å². The van der Waals surface area contributed by atoms with Gasteiger partial charge in [0.25, 0.3) is 0 Å². The molecule has 2 aromatic heterocycles. The summed E-state index contributed by atoms with van der Waals surface area (Å²) < 4.78 is 1.79. The van der Waals surface area contributed by atoms with Crippen molar-refractivity contribution in [1.82, 2.24) is 19.7 Å². The van der Waals surface area contributed by atoms with E-state index in [-0.39, 0.29) is 0 Å². The van der Waals surface area contributed by atoms with E-state index in [0.717, 1.165) is 30.2 Å². The second-order valence-corrected chi connectivity index (χ2v) is 3.52. The van der Waals surface area contributed by atoms with Crippen molar-refractivity contribution in [2.75, 3.05) is 11.9 Å². The van der Waals surface area contributed by atoms with Gasteiger partial charge in [-0.2, -0.15) is 5.10 Å². The highest BCUT2D eigenvalue weighted by atomic mass is 15.3. The zero-order valence-corrected chi connectivity index (χ0v) is 9.51. The predicted molar refractivity (Wildman–Crippen MR) is 63.0 cm³/mol. The summed E-state index contributed by atoms with van der Waals surface area (Å²) in [4.78, 5) is 8.65. The molecule has 0 unspecified atom stereocenters. The van der Waals surface area contributed by atoms with Crippen molar-refractivity contribution in [2.24, 2.45) is 7.05 Å². The van der Waals surface area contributed by atoms with Gasteiger partial charge >= 0.3 is 0 Å². The first kappa shape index (κ1) is 10.6. The van der Waals surface area contributed by atoms with E-state index in [1.54, 1.807) is 23.3 Å². The molecule has 0 aliphatic carbocycles. The van der Waals surface area contributed by atoms with Crippen LogP contribution in [-0.4, -0.2) is 26.3 Å². The number of aryl methyl sites for hydroxylation is 1. The van der Waals surface area contributed by atoms with Gasteiger partial charge in [-0.1, -0.05) is 6.92 Å². The van der Waals surface area contributed by atoms with Crippen molar-refractivity contribution in [3.05, 3.63) is 24.7 Å². The van der Waals surface area contributed by atoms with Crippen molar-refractivity contribution in [3.63, 3.8) is 0 Å². The molecular weight excluding hydrogens is 202 g/mol. The molecule has 1 N–H and O–H groups in total. The van der Waals surface area contributed by atoms with E-state index in [0.29, 0.717) is 0 Å². The molecule has 2 aromatic rings. The molecule has 5 heteroatoms. The van der Waals surface area contributed by atoms with Gasteiger partial charge in [-0.05, 0) is 12.5 Å². The first-order valence-corrected chi connectivity index (χ1v) is 5.36. The maximum atomic E-state index is 4.35. The van der Waals surface area contributed by atoms with Crippen LogP contribution in [0.4, 0.5) is 5.82 Å². The van der Waals surface area contributed by atoms with E-state index < -0.39 is 0 Å². The Bertz CT molecular complexity index is 463. The Hall–Kier alpha value is -1.91. The Kier molecular flexibility index (Phi) is 3.14. The highest BCUT2D eigenvalue weighted by Crippen LogP contribution is 2.22. The molecule has 0 spiro atoms. The van der Waals surface area contributed by atoms with Gasteiger partial charge in [-0.25, -0.2) is 9.97 Å². The van der Waals surface area contributed by atoms with Crippen LogP contribution in [0.2, 0.25) is 0 Å². The lowest BCUT2D eigenvalue weighted by Crippen LogP contribution is -2.06. The largest absolute Gasteiger partial charge is 0.368 e. The fraction of sp³-hybridized carbons (Fsp3) is 0.364. The standard InChI is InChI=1S/C11H15N5/c1-3-5-13-11-10(12-7-8-14-11)9-4-6-15-16(9)2/h4,6-8H,3,5H2,1-2H3,(H,13,14). The summed E-state index contributed by atoms with van der Waals surface area (Å²) in [6.45, 7) is 3.01. The summed E-state index contributed by atoms with van der Waals surface area (Å²) in [6, 6.07) is 1.93. The van der Waals surface area contributed by atoms with Gasteiger partial charge < -0.3 is 5.32 Å². The summed E-state index contributed by atoms with van der Waals surface area (Å²) in [5.74, 6) is 0.813. The Morgan fingerprint density at radius 3 is 2.75 bits per heavy atom. The Labute approximate surface area is 94.5 Å². The van der Waals surface area contributed by atoms with E-state index in [2.05, 4.69) is 27.3 Å². The van der Waals surface area contributed by atoms with Gasteiger partial charge in [0.2, 0.25) is 0 Å². The molecule has 84 valence electrons. The molecule has 0 aliphatic heterocycles. The fourth-order valence-corrected chi connectivity index (χ4v) is 1.50. The molecule has 0 aliphatic rings. The molecule has 0 amide bonds. The topological polar surface area (TPSA) is 55.6 Å². The van der Waals surface area contributed by atoms with Crippen molar-refractivity contribution in [3.8, 4) is 11.4 Å². The summed E-state index contributed by atoms with van der Waals surface area (Å²) in [5, 5.41) is 7.40. The van der Waals surface area contributed by atoms with E-state index in [1.807, 2.05) is 13.1 Å². The minimum atomic E-state index is 0.813. The molecule has 0 saturated heterocycles. The quantitative estimate of drug-likeness (QED) is 0.846. The molecule has 5 nitrogen and oxygen atoms in total. The Morgan fingerprint density at radius 1 is 1.25 bits per heavy atom. The summed E-state index contributed by atoms with van der Waals surface area (Å²) in [5.41, 5.74) is 1.81. The number of nitrogens with zero attached hydrogens (tertiary/aromatic N) is 4. The summed E-state index contributed by atoms with van der Waals surface area (Å²) in [6.07, 6.45) is 6.20. The lowest BCUT2D eigenvalue weighted by molar-refractivity contribution is 0.772. The average Bonchev–Trinajstić information content (AvgIpc) is 2.73. The number of hydrogen-bond acceptors (Lipinski definition) is 4. The molecule has 0 atom stereocenters. The van der Waals surface area contributed by atoms with Crippen LogP contribution < -0.4 is 5.32 Å². The van der Waals surface area contributed by atoms with E-state index >= 15 is 0 Å². The maximum Gasteiger partial charge on any atom is 0.154 e. The average molecular weight is 217 g/mol. The van der Waals surface area contributed by atoms with Gasteiger partial charge in [-0.15, -0.1) is 0 Å². The van der Waals surface area contributed by atoms with Crippen LogP contribution >= 0.6 is 0 Å².